The standard InChI is InChI=1S/C18H23ClN2O2/c1-23-18(22)13-6-4-12(5-7-13)14-8-9-15(17(20)16(14)19)21-10-11-2-3-11/h4,8-9,11,13,21H,2-3,5-7,10,20H2,1H3. The van der Waals surface area contributed by atoms with Gasteiger partial charge in [0.25, 0.3) is 0 Å². The number of nitrogen functional groups attached to an aromatic ring is 1. The second-order valence-electron chi connectivity index (χ2n) is 6.44. The van der Waals surface area contributed by atoms with Crippen LogP contribution >= 0.6 is 11.6 Å². The van der Waals surface area contributed by atoms with E-state index in [-0.39, 0.29) is 11.9 Å². The Labute approximate surface area is 142 Å². The van der Waals surface area contributed by atoms with E-state index in [2.05, 4.69) is 11.4 Å². The zero-order valence-corrected chi connectivity index (χ0v) is 14.2. The number of nitrogens with two attached hydrogens (primary N) is 1. The predicted octanol–water partition coefficient (Wildman–Crippen LogP) is 4.10. The van der Waals surface area contributed by atoms with Crippen LogP contribution in [0.5, 0.6) is 0 Å². The summed E-state index contributed by atoms with van der Waals surface area (Å²) in [6.45, 7) is 0.962. The van der Waals surface area contributed by atoms with Gasteiger partial charge >= 0.3 is 5.97 Å². The molecule has 124 valence electrons. The van der Waals surface area contributed by atoms with Crippen LogP contribution in [0.3, 0.4) is 0 Å². The maximum atomic E-state index is 11.6. The van der Waals surface area contributed by atoms with Crippen LogP contribution in [-0.2, 0) is 9.53 Å². The minimum atomic E-state index is -0.134. The van der Waals surface area contributed by atoms with Gasteiger partial charge in [0.1, 0.15) is 0 Å². The van der Waals surface area contributed by atoms with Crippen molar-refractivity contribution in [3.05, 3.63) is 28.8 Å². The van der Waals surface area contributed by atoms with Crippen LogP contribution in [0.25, 0.3) is 5.57 Å². The average Bonchev–Trinajstić information content (AvgIpc) is 3.40. The number of allylic oxidation sites excluding steroid dienone is 2. The molecular weight excluding hydrogens is 312 g/mol. The van der Waals surface area contributed by atoms with Crippen LogP contribution in [0.15, 0.2) is 18.2 Å². The summed E-state index contributed by atoms with van der Waals surface area (Å²) in [5.74, 6) is 0.606. The molecule has 0 amide bonds. The Bertz CT molecular complexity index is 638. The van der Waals surface area contributed by atoms with E-state index in [1.54, 1.807) is 0 Å². The summed E-state index contributed by atoms with van der Waals surface area (Å²) in [5.41, 5.74) is 9.86. The molecule has 0 aromatic heterocycles. The van der Waals surface area contributed by atoms with Gasteiger partial charge in [-0.3, -0.25) is 4.79 Å². The summed E-state index contributed by atoms with van der Waals surface area (Å²) < 4.78 is 4.82. The molecule has 3 N–H and O–H groups in total. The first kappa shape index (κ1) is 16.2. The third-order valence-electron chi connectivity index (χ3n) is 4.75. The molecule has 0 heterocycles. The molecule has 4 nitrogen and oxygen atoms in total. The molecule has 3 rings (SSSR count). The van der Waals surface area contributed by atoms with Crippen molar-refractivity contribution < 1.29 is 9.53 Å². The van der Waals surface area contributed by atoms with E-state index in [0.29, 0.717) is 17.1 Å². The van der Waals surface area contributed by atoms with Crippen LogP contribution in [-0.4, -0.2) is 19.6 Å². The maximum Gasteiger partial charge on any atom is 0.308 e. The Morgan fingerprint density at radius 1 is 1.39 bits per heavy atom. The molecule has 0 radical (unpaired) electrons. The number of carbonyl (C=O) groups excluding carboxylic acids is 1. The Balaban J connectivity index is 1.74. The molecule has 1 fully saturated rings. The number of nitrogens with one attached hydrogen (secondary N) is 1. The molecule has 2 aliphatic carbocycles. The fraction of sp³-hybridized carbons (Fsp3) is 0.500. The molecule has 1 saturated carbocycles. The van der Waals surface area contributed by atoms with Crippen LogP contribution in [0.2, 0.25) is 5.02 Å². The number of benzene rings is 1. The van der Waals surface area contributed by atoms with Gasteiger partial charge in [0.2, 0.25) is 0 Å². The van der Waals surface area contributed by atoms with Crippen molar-refractivity contribution >= 4 is 34.5 Å². The van der Waals surface area contributed by atoms with Crippen LogP contribution in [0.4, 0.5) is 11.4 Å². The highest BCUT2D eigenvalue weighted by Crippen LogP contribution is 2.39. The smallest absolute Gasteiger partial charge is 0.308 e. The zero-order chi connectivity index (χ0) is 16.4. The molecule has 0 spiro atoms. The number of rotatable bonds is 5. The van der Waals surface area contributed by atoms with Gasteiger partial charge in [-0.25, -0.2) is 0 Å². The first-order valence-corrected chi connectivity index (χ1v) is 8.57. The lowest BCUT2D eigenvalue weighted by Crippen LogP contribution is -2.18. The van der Waals surface area contributed by atoms with Gasteiger partial charge in [-0.1, -0.05) is 23.7 Å². The number of ether oxygens (including phenoxy) is 1. The second kappa shape index (κ2) is 6.83. The summed E-state index contributed by atoms with van der Waals surface area (Å²) in [5, 5.41) is 3.99. The van der Waals surface area contributed by atoms with Crippen molar-refractivity contribution in [1.82, 2.24) is 0 Å². The minimum absolute atomic E-state index is 0.0423. The molecule has 1 atom stereocenters. The quantitative estimate of drug-likeness (QED) is 0.628. The molecule has 1 aromatic rings. The van der Waals surface area contributed by atoms with Gasteiger partial charge in [0, 0.05) is 6.54 Å². The number of anilines is 2. The topological polar surface area (TPSA) is 64.3 Å². The van der Waals surface area contributed by atoms with E-state index in [1.165, 1.54) is 20.0 Å². The van der Waals surface area contributed by atoms with Crippen LogP contribution in [0, 0.1) is 11.8 Å². The maximum absolute atomic E-state index is 11.6. The summed E-state index contributed by atoms with van der Waals surface area (Å²) in [7, 11) is 1.44. The summed E-state index contributed by atoms with van der Waals surface area (Å²) in [6, 6.07) is 4.03. The lowest BCUT2D eigenvalue weighted by molar-refractivity contribution is -0.145. The van der Waals surface area contributed by atoms with Crippen LogP contribution in [0.1, 0.15) is 37.7 Å². The summed E-state index contributed by atoms with van der Waals surface area (Å²) in [6.07, 6.45) is 6.98. The van der Waals surface area contributed by atoms with Crippen molar-refractivity contribution in [2.45, 2.75) is 32.1 Å². The van der Waals surface area contributed by atoms with Gasteiger partial charge < -0.3 is 15.8 Å². The van der Waals surface area contributed by atoms with Crippen molar-refractivity contribution in [3.8, 4) is 0 Å². The second-order valence-corrected chi connectivity index (χ2v) is 6.81. The summed E-state index contributed by atoms with van der Waals surface area (Å²) in [4.78, 5) is 11.6. The predicted molar refractivity (Wildman–Crippen MR) is 94.4 cm³/mol. The molecule has 1 unspecified atom stereocenters. The zero-order valence-electron chi connectivity index (χ0n) is 13.4. The Kier molecular flexibility index (Phi) is 4.81. The third kappa shape index (κ3) is 3.63. The number of carbonyl (C=O) groups is 1. The van der Waals surface area contributed by atoms with Gasteiger partial charge in [0.15, 0.2) is 0 Å². The molecule has 2 aliphatic rings. The summed E-state index contributed by atoms with van der Waals surface area (Å²) >= 11 is 6.49. The lowest BCUT2D eigenvalue weighted by atomic mass is 9.86. The monoisotopic (exact) mass is 334 g/mol. The van der Waals surface area contributed by atoms with Gasteiger partial charge in [-0.05, 0) is 55.2 Å². The van der Waals surface area contributed by atoms with Crippen molar-refractivity contribution in [2.24, 2.45) is 11.8 Å². The van der Waals surface area contributed by atoms with Crippen molar-refractivity contribution in [1.29, 1.82) is 0 Å². The Morgan fingerprint density at radius 3 is 2.78 bits per heavy atom. The van der Waals surface area contributed by atoms with E-state index in [9.17, 15) is 4.79 Å². The first-order chi connectivity index (χ1) is 11.1. The van der Waals surface area contributed by atoms with Crippen molar-refractivity contribution in [2.75, 3.05) is 24.7 Å². The third-order valence-corrected chi connectivity index (χ3v) is 5.16. The number of hydrogen-bond donors (Lipinski definition) is 2. The van der Waals surface area contributed by atoms with Gasteiger partial charge in [-0.15, -0.1) is 0 Å². The fourth-order valence-corrected chi connectivity index (χ4v) is 3.32. The minimum Gasteiger partial charge on any atom is -0.469 e. The highest BCUT2D eigenvalue weighted by Gasteiger charge is 2.24. The van der Waals surface area contributed by atoms with E-state index >= 15 is 0 Å². The normalized spacial score (nSPS) is 20.8. The molecular formula is C18H23ClN2O2. The van der Waals surface area contributed by atoms with Crippen molar-refractivity contribution in [3.63, 3.8) is 0 Å². The fourth-order valence-electron chi connectivity index (χ4n) is 3.03. The van der Waals surface area contributed by atoms with Gasteiger partial charge in [-0.2, -0.15) is 0 Å². The van der Waals surface area contributed by atoms with E-state index in [4.69, 9.17) is 22.1 Å². The molecule has 0 saturated heterocycles. The number of halogens is 1. The highest BCUT2D eigenvalue weighted by molar-refractivity contribution is 6.35. The average molecular weight is 335 g/mol. The van der Waals surface area contributed by atoms with E-state index < -0.39 is 0 Å². The molecule has 0 bridgehead atoms. The highest BCUT2D eigenvalue weighted by atomic mass is 35.5. The Hall–Kier alpha value is -1.68. The van der Waals surface area contributed by atoms with E-state index in [1.807, 2.05) is 12.1 Å². The number of hydrogen-bond acceptors (Lipinski definition) is 4. The first-order valence-electron chi connectivity index (χ1n) is 8.19. The largest absolute Gasteiger partial charge is 0.469 e. The van der Waals surface area contributed by atoms with Crippen LogP contribution < -0.4 is 11.1 Å². The molecule has 0 aliphatic heterocycles. The number of esters is 1. The SMILES string of the molecule is COC(=O)C1CC=C(c2ccc(NCC3CC3)c(N)c2Cl)CC1. The Morgan fingerprint density at radius 2 is 2.17 bits per heavy atom. The molecule has 5 heteroatoms. The molecule has 23 heavy (non-hydrogen) atoms. The number of methoxy groups -OCH3 is 1. The lowest BCUT2D eigenvalue weighted by Gasteiger charge is -2.22. The van der Waals surface area contributed by atoms with Gasteiger partial charge in [0.05, 0.1) is 29.4 Å². The van der Waals surface area contributed by atoms with E-state index in [0.717, 1.165) is 42.1 Å². The molecule has 1 aromatic carbocycles.